The average molecular weight is 908 g/mol. The molecule has 0 aromatic carbocycles. The van der Waals surface area contributed by atoms with Gasteiger partial charge in [-0.15, -0.1) is 0 Å². The van der Waals surface area contributed by atoms with E-state index in [0.29, 0.717) is 50.9 Å². The van der Waals surface area contributed by atoms with Crippen molar-refractivity contribution in [3.8, 4) is 0 Å². The van der Waals surface area contributed by atoms with Crippen molar-refractivity contribution in [1.82, 2.24) is 10.2 Å². The Bertz CT molecular complexity index is 1810. The molecular weight excluding hydrogens is 830 g/mol. The molecule has 0 bridgehead atoms. The van der Waals surface area contributed by atoms with Gasteiger partial charge in [-0.05, 0) is 117 Å². The number of nitrogens with zero attached hydrogens (tertiary/aromatic N) is 1. The molecule has 4 aliphatic carbocycles. The lowest BCUT2D eigenvalue weighted by Crippen LogP contribution is -2.70. The molecule has 0 aromatic heterocycles. The average Bonchev–Trinajstić information content (AvgIpc) is 3.44. The number of carbonyl (C=O) groups excluding carboxylic acids is 4. The quantitative estimate of drug-likeness (QED) is 0.116. The molecule has 2 unspecified atom stereocenters. The summed E-state index contributed by atoms with van der Waals surface area (Å²) in [5.74, 6) is -6.49. The van der Waals surface area contributed by atoms with Crippen LogP contribution >= 0.6 is 0 Å². The van der Waals surface area contributed by atoms with E-state index in [4.69, 9.17) is 15.2 Å². The highest BCUT2D eigenvalue weighted by molar-refractivity contribution is 6.01. The maximum atomic E-state index is 17.7. The van der Waals surface area contributed by atoms with Gasteiger partial charge in [0.15, 0.2) is 17.1 Å². The summed E-state index contributed by atoms with van der Waals surface area (Å²) >= 11 is 0. The number of aliphatic hydroxyl groups is 6. The maximum absolute atomic E-state index is 17.7. The number of aliphatic hydroxyl groups excluding tert-OH is 4. The molecule has 9 N–H and O–H groups in total. The molecule has 0 spiro atoms. The van der Waals surface area contributed by atoms with E-state index in [1.54, 1.807) is 47.6 Å². The lowest BCUT2D eigenvalue weighted by molar-refractivity contribution is -0.227. The van der Waals surface area contributed by atoms with E-state index >= 15 is 4.39 Å². The molecule has 364 valence electrons. The highest BCUT2D eigenvalue weighted by Gasteiger charge is 2.77. The zero-order valence-corrected chi connectivity index (χ0v) is 39.7. The Morgan fingerprint density at radius 2 is 1.64 bits per heavy atom. The minimum absolute atomic E-state index is 0.119. The first kappa shape index (κ1) is 52.1. The van der Waals surface area contributed by atoms with Crippen LogP contribution in [0.1, 0.15) is 121 Å². The van der Waals surface area contributed by atoms with Gasteiger partial charge in [-0.25, -0.2) is 4.39 Å². The molecule has 18 atom stereocenters. The Morgan fingerprint density at radius 1 is 0.984 bits per heavy atom. The van der Waals surface area contributed by atoms with Gasteiger partial charge < -0.3 is 51.2 Å². The van der Waals surface area contributed by atoms with Crippen molar-refractivity contribution >= 4 is 23.6 Å². The minimum atomic E-state index is -2.12. The van der Waals surface area contributed by atoms with Crippen LogP contribution in [0.4, 0.5) is 4.39 Å². The van der Waals surface area contributed by atoms with Gasteiger partial charge in [-0.1, -0.05) is 46.3 Å². The SMILES string of the molecule is CC[C@H]1OC(=O)[C@H](C)[C@@H](O)[C@H](C)[C@@H](O)[C@](C)(O)C[C@@H](C)CN(CCCNCCC(=O)O[C@]2(C(N)=O)[C@H](C)CC3C4CCC5=CC(=O)C=C[C@]5(C)[C@@]4(F)[C@@H](O)C[C@@]32C)[C@H](C)[C@@H](O)[C@]1(C)O. The number of esters is 2. The Balaban J connectivity index is 1.25. The highest BCUT2D eigenvalue weighted by Crippen LogP contribution is 2.71. The maximum Gasteiger partial charge on any atom is 0.311 e. The lowest BCUT2D eigenvalue weighted by atomic mass is 9.44. The number of carbonyl (C=O) groups is 4. The van der Waals surface area contributed by atoms with Crippen LogP contribution in [0.15, 0.2) is 23.8 Å². The molecule has 1 aliphatic heterocycles. The van der Waals surface area contributed by atoms with Crippen LogP contribution < -0.4 is 11.1 Å². The number of amides is 1. The summed E-state index contributed by atoms with van der Waals surface area (Å²) in [6.45, 7) is 17.9. The third-order valence-electron chi connectivity index (χ3n) is 16.9. The molecule has 1 saturated heterocycles. The van der Waals surface area contributed by atoms with Crippen LogP contribution in [0, 0.1) is 46.3 Å². The molecule has 0 radical (unpaired) electrons. The normalized spacial score (nSPS) is 47.0. The van der Waals surface area contributed by atoms with Crippen molar-refractivity contribution in [2.75, 3.05) is 26.2 Å². The molecule has 15 nitrogen and oxygen atoms in total. The fraction of sp³-hybridized carbons (Fsp3) is 0.833. The number of hydrogen-bond donors (Lipinski definition) is 8. The molecule has 16 heteroatoms. The first-order valence-corrected chi connectivity index (χ1v) is 23.5. The van der Waals surface area contributed by atoms with Crippen molar-refractivity contribution in [2.45, 2.75) is 180 Å². The van der Waals surface area contributed by atoms with Crippen LogP contribution in [0.25, 0.3) is 0 Å². The van der Waals surface area contributed by atoms with Crippen molar-refractivity contribution < 1.29 is 63.7 Å². The second-order valence-electron chi connectivity index (χ2n) is 21.3. The fourth-order valence-electron chi connectivity index (χ4n) is 13.1. The Kier molecular flexibility index (Phi) is 15.5. The fourth-order valence-corrected chi connectivity index (χ4v) is 13.1. The molecule has 1 amide bonds. The molecule has 64 heavy (non-hydrogen) atoms. The molecule has 0 aromatic rings. The first-order chi connectivity index (χ1) is 29.6. The Hall–Kier alpha value is -2.83. The number of primary amides is 1. The number of hydrogen-bond acceptors (Lipinski definition) is 14. The van der Waals surface area contributed by atoms with Crippen molar-refractivity contribution in [1.29, 1.82) is 0 Å². The standard InChI is InChI=1S/C48H78FN3O12/c1-11-36-46(10,62)40(58)30(6)52(25-26(2)23-45(9,61)39(57)28(4)38(56)29(5)41(59)63-36)20-12-18-51-19-16-37(55)64-48(42(50)60)27(3)21-34-33-14-13-31-22-32(53)15-17-43(31,7)47(33,49)35(54)24-44(34,48)8/h15,17,22,26-30,33-36,38-40,51,54,56-58,61-62H,11-14,16,18-21,23-25H2,1-10H3,(H2,50,60)/t26-,27-,28+,29-,30-,33?,34?,35+,36-,38+,39-,40-,43+,44+,45-,46-,47+,48+/m1/s1. The number of allylic oxidation sites excluding steroid dienone is 4. The predicted molar refractivity (Wildman–Crippen MR) is 236 cm³/mol. The van der Waals surface area contributed by atoms with E-state index in [9.17, 15) is 49.8 Å². The van der Waals surface area contributed by atoms with E-state index < -0.39 is 117 Å². The summed E-state index contributed by atoms with van der Waals surface area (Å²) in [5, 5.41) is 72.1. The van der Waals surface area contributed by atoms with E-state index in [0.717, 1.165) is 0 Å². The molecular formula is C48H78FN3O12. The molecule has 1 heterocycles. The number of ether oxygens (including phenoxy) is 2. The number of ketones is 1. The number of nitrogens with one attached hydrogen (secondary N) is 1. The zero-order chi connectivity index (χ0) is 48.1. The summed E-state index contributed by atoms with van der Waals surface area (Å²) in [5.41, 5.74) is -3.06. The monoisotopic (exact) mass is 908 g/mol. The van der Waals surface area contributed by atoms with Crippen molar-refractivity contribution in [3.63, 3.8) is 0 Å². The van der Waals surface area contributed by atoms with Crippen molar-refractivity contribution in [2.24, 2.45) is 52.1 Å². The van der Waals surface area contributed by atoms with Crippen LogP contribution in [-0.4, -0.2) is 144 Å². The van der Waals surface area contributed by atoms with Crippen LogP contribution in [0.5, 0.6) is 0 Å². The molecule has 5 aliphatic rings. The van der Waals surface area contributed by atoms with Gasteiger partial charge in [0, 0.05) is 47.7 Å². The van der Waals surface area contributed by atoms with E-state index in [1.807, 2.05) is 11.8 Å². The Labute approximate surface area is 378 Å². The smallest absolute Gasteiger partial charge is 0.311 e. The van der Waals surface area contributed by atoms with Crippen molar-refractivity contribution in [3.05, 3.63) is 23.8 Å². The second kappa shape index (κ2) is 19.0. The summed E-state index contributed by atoms with van der Waals surface area (Å²) in [6, 6.07) is -0.676. The summed E-state index contributed by atoms with van der Waals surface area (Å²) in [7, 11) is 0. The number of cyclic esters (lactones) is 1. The van der Waals surface area contributed by atoms with Gasteiger partial charge in [0.2, 0.25) is 0 Å². The summed E-state index contributed by atoms with van der Waals surface area (Å²) < 4.78 is 29.6. The minimum Gasteiger partial charge on any atom is -0.459 e. The Morgan fingerprint density at radius 3 is 2.27 bits per heavy atom. The highest BCUT2D eigenvalue weighted by atomic mass is 19.1. The number of nitrogens with two attached hydrogens (primary N) is 1. The largest absolute Gasteiger partial charge is 0.459 e. The van der Waals surface area contributed by atoms with Crippen LogP contribution in [0.3, 0.4) is 0 Å². The lowest BCUT2D eigenvalue weighted by Gasteiger charge is -2.62. The van der Waals surface area contributed by atoms with Gasteiger partial charge in [-0.2, -0.15) is 0 Å². The topological polar surface area (TPSA) is 249 Å². The van der Waals surface area contributed by atoms with Gasteiger partial charge in [0.25, 0.3) is 5.91 Å². The van der Waals surface area contributed by atoms with E-state index in [-0.39, 0.29) is 43.9 Å². The summed E-state index contributed by atoms with van der Waals surface area (Å²) in [6.07, 6.45) is -0.751. The first-order valence-electron chi connectivity index (χ1n) is 23.5. The van der Waals surface area contributed by atoms with Gasteiger partial charge in [-0.3, -0.25) is 24.1 Å². The second-order valence-corrected chi connectivity index (χ2v) is 21.3. The molecule has 4 fully saturated rings. The van der Waals surface area contributed by atoms with E-state index in [2.05, 4.69) is 5.32 Å². The number of halogens is 1. The molecule has 5 rings (SSSR count). The van der Waals surface area contributed by atoms with E-state index in [1.165, 1.54) is 32.9 Å². The summed E-state index contributed by atoms with van der Waals surface area (Å²) in [4.78, 5) is 54.7. The number of alkyl halides is 1. The number of fused-ring (bicyclic) bond motifs is 5. The predicted octanol–water partition coefficient (Wildman–Crippen LogP) is 2.65. The van der Waals surface area contributed by atoms with Gasteiger partial charge in [0.1, 0.15) is 17.8 Å². The zero-order valence-electron chi connectivity index (χ0n) is 39.7. The van der Waals surface area contributed by atoms with Gasteiger partial charge in [0.05, 0.1) is 36.3 Å². The molecule has 3 saturated carbocycles. The van der Waals surface area contributed by atoms with Crippen LogP contribution in [0.2, 0.25) is 0 Å². The third-order valence-corrected chi connectivity index (χ3v) is 16.9. The number of rotatable bonds is 10. The third kappa shape index (κ3) is 8.88. The van der Waals surface area contributed by atoms with Gasteiger partial charge >= 0.3 is 11.9 Å². The van der Waals surface area contributed by atoms with Crippen LogP contribution in [-0.2, 0) is 28.7 Å².